The summed E-state index contributed by atoms with van der Waals surface area (Å²) >= 11 is 0. The van der Waals surface area contributed by atoms with Crippen molar-refractivity contribution in [1.29, 1.82) is 0 Å². The lowest BCUT2D eigenvalue weighted by atomic mass is 9.85. The first kappa shape index (κ1) is 6.38. The lowest BCUT2D eigenvalue weighted by molar-refractivity contribution is 0.0941. The zero-order valence-electron chi connectivity index (χ0n) is 6.03. The van der Waals surface area contributed by atoms with Crippen LogP contribution in [0.2, 0.25) is 0 Å². The lowest BCUT2D eigenvalue weighted by Crippen LogP contribution is -2.24. The van der Waals surface area contributed by atoms with Crippen molar-refractivity contribution in [2.24, 2.45) is 11.8 Å². The SMILES string of the molecule is C[C@H]1[C@@H](CO)[C@@H]2C=C[C@H]1O2. The Morgan fingerprint density at radius 2 is 2.10 bits per heavy atom. The van der Waals surface area contributed by atoms with E-state index in [0.717, 1.165) is 0 Å². The van der Waals surface area contributed by atoms with Gasteiger partial charge in [-0.1, -0.05) is 19.1 Å². The summed E-state index contributed by atoms with van der Waals surface area (Å²) in [5.41, 5.74) is 0. The van der Waals surface area contributed by atoms with Crippen molar-refractivity contribution >= 4 is 0 Å². The van der Waals surface area contributed by atoms with Gasteiger partial charge in [-0.15, -0.1) is 0 Å². The fourth-order valence-electron chi connectivity index (χ4n) is 1.85. The second-order valence-electron chi connectivity index (χ2n) is 3.16. The Morgan fingerprint density at radius 3 is 2.50 bits per heavy atom. The summed E-state index contributed by atoms with van der Waals surface area (Å²) in [6.07, 6.45) is 4.64. The highest BCUT2D eigenvalue weighted by Crippen LogP contribution is 2.37. The molecule has 2 aliphatic rings. The molecule has 0 spiro atoms. The smallest absolute Gasteiger partial charge is 0.0818 e. The van der Waals surface area contributed by atoms with E-state index in [0.29, 0.717) is 11.8 Å². The van der Waals surface area contributed by atoms with Crippen molar-refractivity contribution < 1.29 is 9.84 Å². The molecule has 1 N–H and O–H groups in total. The fourth-order valence-corrected chi connectivity index (χ4v) is 1.85. The molecule has 10 heavy (non-hydrogen) atoms. The van der Waals surface area contributed by atoms with Gasteiger partial charge in [-0.3, -0.25) is 0 Å². The monoisotopic (exact) mass is 140 g/mol. The van der Waals surface area contributed by atoms with E-state index in [4.69, 9.17) is 9.84 Å². The second kappa shape index (κ2) is 2.07. The highest BCUT2D eigenvalue weighted by Gasteiger charge is 2.42. The molecule has 2 rings (SSSR count). The molecular formula is C8H12O2. The Kier molecular flexibility index (Phi) is 1.32. The maximum absolute atomic E-state index is 8.94. The van der Waals surface area contributed by atoms with Crippen LogP contribution in [-0.2, 0) is 4.74 Å². The molecule has 2 heteroatoms. The Hall–Kier alpha value is -0.340. The number of rotatable bonds is 1. The topological polar surface area (TPSA) is 29.5 Å². The van der Waals surface area contributed by atoms with E-state index < -0.39 is 0 Å². The van der Waals surface area contributed by atoms with Crippen LogP contribution in [0.1, 0.15) is 6.92 Å². The van der Waals surface area contributed by atoms with Crippen LogP contribution in [0.3, 0.4) is 0 Å². The average molecular weight is 140 g/mol. The van der Waals surface area contributed by atoms with Gasteiger partial charge in [0.25, 0.3) is 0 Å². The van der Waals surface area contributed by atoms with E-state index in [-0.39, 0.29) is 18.8 Å². The molecule has 0 unspecified atom stereocenters. The van der Waals surface area contributed by atoms with E-state index >= 15 is 0 Å². The van der Waals surface area contributed by atoms with Crippen LogP contribution >= 0.6 is 0 Å². The standard InChI is InChI=1S/C8H12O2/c1-5-6(4-9)8-3-2-7(5)10-8/h2-3,5-9H,4H2,1H3/t5-,6+,7+,8-/m0/s1. The van der Waals surface area contributed by atoms with Crippen LogP contribution in [-0.4, -0.2) is 23.9 Å². The second-order valence-corrected chi connectivity index (χ2v) is 3.16. The molecule has 4 atom stereocenters. The quantitative estimate of drug-likeness (QED) is 0.539. The number of fused-ring (bicyclic) bond motifs is 2. The molecule has 2 nitrogen and oxygen atoms in total. The summed E-state index contributed by atoms with van der Waals surface area (Å²) in [5, 5.41) is 8.94. The van der Waals surface area contributed by atoms with Gasteiger partial charge < -0.3 is 9.84 Å². The third-order valence-electron chi connectivity index (χ3n) is 2.63. The summed E-state index contributed by atoms with van der Waals surface area (Å²) in [5.74, 6) is 0.843. The summed E-state index contributed by atoms with van der Waals surface area (Å²) in [7, 11) is 0. The zero-order valence-corrected chi connectivity index (χ0v) is 6.03. The highest BCUT2D eigenvalue weighted by atomic mass is 16.5. The molecule has 2 heterocycles. The van der Waals surface area contributed by atoms with Gasteiger partial charge >= 0.3 is 0 Å². The van der Waals surface area contributed by atoms with Crippen molar-refractivity contribution in [2.45, 2.75) is 19.1 Å². The van der Waals surface area contributed by atoms with E-state index in [9.17, 15) is 0 Å². The third kappa shape index (κ3) is 0.662. The van der Waals surface area contributed by atoms with Crippen molar-refractivity contribution in [3.63, 3.8) is 0 Å². The highest BCUT2D eigenvalue weighted by molar-refractivity contribution is 5.13. The van der Waals surface area contributed by atoms with Gasteiger partial charge in [0.2, 0.25) is 0 Å². The van der Waals surface area contributed by atoms with Crippen LogP contribution in [0.5, 0.6) is 0 Å². The molecule has 0 aromatic carbocycles. The van der Waals surface area contributed by atoms with E-state index in [2.05, 4.69) is 19.1 Å². The molecule has 2 bridgehead atoms. The maximum Gasteiger partial charge on any atom is 0.0818 e. The first-order valence-corrected chi connectivity index (χ1v) is 3.77. The van der Waals surface area contributed by atoms with Gasteiger partial charge in [0.05, 0.1) is 12.2 Å². The van der Waals surface area contributed by atoms with Crippen LogP contribution < -0.4 is 0 Å². The molecule has 0 amide bonds. The van der Waals surface area contributed by atoms with Crippen LogP contribution in [0, 0.1) is 11.8 Å². The van der Waals surface area contributed by atoms with E-state index in [1.165, 1.54) is 0 Å². The molecule has 1 fully saturated rings. The first-order chi connectivity index (χ1) is 4.83. The first-order valence-electron chi connectivity index (χ1n) is 3.77. The lowest BCUT2D eigenvalue weighted by Gasteiger charge is -2.18. The minimum Gasteiger partial charge on any atom is -0.396 e. The summed E-state index contributed by atoms with van der Waals surface area (Å²) in [4.78, 5) is 0. The normalized spacial score (nSPS) is 50.6. The Balaban J connectivity index is 2.18. The van der Waals surface area contributed by atoms with Gasteiger partial charge in [0.1, 0.15) is 0 Å². The summed E-state index contributed by atoms with van der Waals surface area (Å²) in [6.45, 7) is 2.39. The minimum absolute atomic E-state index is 0.199. The maximum atomic E-state index is 8.94. The summed E-state index contributed by atoms with van der Waals surface area (Å²) in [6, 6.07) is 0. The number of hydrogen-bond donors (Lipinski definition) is 1. The fraction of sp³-hybridized carbons (Fsp3) is 0.750. The molecule has 0 radical (unpaired) electrons. The average Bonchev–Trinajstić information content (AvgIpc) is 2.46. The predicted molar refractivity (Wildman–Crippen MR) is 37.5 cm³/mol. The minimum atomic E-state index is 0.199. The molecule has 0 aromatic rings. The number of hydrogen-bond acceptors (Lipinski definition) is 2. The van der Waals surface area contributed by atoms with Gasteiger partial charge in [0, 0.05) is 12.5 Å². The number of aliphatic hydroxyl groups excluding tert-OH is 1. The molecule has 0 saturated carbocycles. The van der Waals surface area contributed by atoms with E-state index in [1.54, 1.807) is 0 Å². The molecule has 1 saturated heterocycles. The van der Waals surface area contributed by atoms with E-state index in [1.807, 2.05) is 0 Å². The van der Waals surface area contributed by atoms with Crippen molar-refractivity contribution in [1.82, 2.24) is 0 Å². The molecule has 0 aliphatic carbocycles. The van der Waals surface area contributed by atoms with Gasteiger partial charge in [-0.05, 0) is 5.92 Å². The van der Waals surface area contributed by atoms with Crippen molar-refractivity contribution in [3.8, 4) is 0 Å². The van der Waals surface area contributed by atoms with Gasteiger partial charge in [-0.25, -0.2) is 0 Å². The molecule has 56 valence electrons. The molecule has 2 aliphatic heterocycles. The van der Waals surface area contributed by atoms with Crippen molar-refractivity contribution in [3.05, 3.63) is 12.2 Å². The van der Waals surface area contributed by atoms with Crippen LogP contribution in [0.4, 0.5) is 0 Å². The van der Waals surface area contributed by atoms with Crippen LogP contribution in [0.25, 0.3) is 0 Å². The number of aliphatic hydroxyl groups is 1. The molecular weight excluding hydrogens is 128 g/mol. The van der Waals surface area contributed by atoms with Crippen molar-refractivity contribution in [2.75, 3.05) is 6.61 Å². The molecule has 0 aromatic heterocycles. The van der Waals surface area contributed by atoms with Crippen LogP contribution in [0.15, 0.2) is 12.2 Å². The Bertz CT molecular complexity index is 165. The Morgan fingerprint density at radius 1 is 1.40 bits per heavy atom. The third-order valence-corrected chi connectivity index (χ3v) is 2.63. The number of ether oxygens (including phenoxy) is 1. The Labute approximate surface area is 60.5 Å². The largest absolute Gasteiger partial charge is 0.396 e. The predicted octanol–water partition coefficient (Wildman–Crippen LogP) is 0.568. The van der Waals surface area contributed by atoms with Gasteiger partial charge in [0.15, 0.2) is 0 Å². The zero-order chi connectivity index (χ0) is 7.14. The summed E-state index contributed by atoms with van der Waals surface area (Å²) < 4.78 is 5.52. The van der Waals surface area contributed by atoms with Gasteiger partial charge in [-0.2, -0.15) is 0 Å².